The van der Waals surface area contributed by atoms with Crippen LogP contribution in [0.25, 0.3) is 0 Å². The summed E-state index contributed by atoms with van der Waals surface area (Å²) in [5.41, 5.74) is 0.664. The summed E-state index contributed by atoms with van der Waals surface area (Å²) in [5, 5.41) is 8.76. The second-order valence-corrected chi connectivity index (χ2v) is 4.22. The molecule has 0 spiro atoms. The van der Waals surface area contributed by atoms with E-state index in [9.17, 15) is 0 Å². The molecule has 1 aromatic carbocycles. The van der Waals surface area contributed by atoms with Crippen LogP contribution in [0.4, 0.5) is 0 Å². The van der Waals surface area contributed by atoms with Crippen LogP contribution < -0.4 is 4.74 Å². The minimum atomic E-state index is 0.123. The zero-order chi connectivity index (χ0) is 13.4. The highest BCUT2D eigenvalue weighted by Gasteiger charge is 2.16. The summed E-state index contributed by atoms with van der Waals surface area (Å²) < 4.78 is 6.01. The van der Waals surface area contributed by atoms with E-state index in [0.717, 1.165) is 31.7 Å². The third-order valence-corrected chi connectivity index (χ3v) is 3.01. The van der Waals surface area contributed by atoms with Crippen LogP contribution in [0, 0.1) is 11.3 Å². The molecule has 0 N–H and O–H groups in total. The summed E-state index contributed by atoms with van der Waals surface area (Å²) in [5.74, 6) is 0.833. The third kappa shape index (κ3) is 4.05. The largest absolute Gasteiger partial charge is 0.475 e. The monoisotopic (exact) mass is 246 g/mol. The number of rotatable bonds is 7. The summed E-state index contributed by atoms with van der Waals surface area (Å²) in [6.45, 7) is 8.43. The summed E-state index contributed by atoms with van der Waals surface area (Å²) in [6.07, 6.45) is 2.23. The van der Waals surface area contributed by atoms with Gasteiger partial charge in [0.1, 0.15) is 5.75 Å². The van der Waals surface area contributed by atoms with Crippen LogP contribution in [0.2, 0.25) is 0 Å². The van der Waals surface area contributed by atoms with E-state index in [4.69, 9.17) is 10.00 Å². The molecular formula is C15H22N2O. The normalized spacial score (nSPS) is 12.2. The Morgan fingerprint density at radius 3 is 2.22 bits per heavy atom. The topological polar surface area (TPSA) is 36.3 Å². The van der Waals surface area contributed by atoms with Gasteiger partial charge in [-0.15, -0.1) is 0 Å². The Hall–Kier alpha value is -1.53. The van der Waals surface area contributed by atoms with Gasteiger partial charge in [-0.1, -0.05) is 27.2 Å². The SMILES string of the molecule is CCCC(Oc1ccc(C#N)cc1)N(CC)CC. The number of hydrogen-bond donors (Lipinski definition) is 0. The molecule has 0 aromatic heterocycles. The van der Waals surface area contributed by atoms with E-state index >= 15 is 0 Å². The van der Waals surface area contributed by atoms with Crippen molar-refractivity contribution in [3.05, 3.63) is 29.8 Å². The second kappa shape index (κ2) is 7.73. The lowest BCUT2D eigenvalue weighted by Gasteiger charge is -2.29. The molecule has 0 aliphatic rings. The van der Waals surface area contributed by atoms with Gasteiger partial charge < -0.3 is 4.74 Å². The lowest BCUT2D eigenvalue weighted by molar-refractivity contribution is 0.0255. The first kappa shape index (κ1) is 14.5. The van der Waals surface area contributed by atoms with Crippen LogP contribution in [0.3, 0.4) is 0 Å². The molecule has 0 bridgehead atoms. The van der Waals surface area contributed by atoms with Crippen LogP contribution in [-0.4, -0.2) is 24.2 Å². The van der Waals surface area contributed by atoms with Gasteiger partial charge in [-0.05, 0) is 43.8 Å². The predicted octanol–water partition coefficient (Wildman–Crippen LogP) is 3.41. The van der Waals surface area contributed by atoms with Gasteiger partial charge in [0.25, 0.3) is 0 Å². The van der Waals surface area contributed by atoms with Crippen molar-refractivity contribution in [2.75, 3.05) is 13.1 Å². The quantitative estimate of drug-likeness (QED) is 0.692. The summed E-state index contributed by atoms with van der Waals surface area (Å²) in [6, 6.07) is 9.43. The Morgan fingerprint density at radius 2 is 1.78 bits per heavy atom. The zero-order valence-corrected chi connectivity index (χ0v) is 11.5. The van der Waals surface area contributed by atoms with Crippen LogP contribution in [0.1, 0.15) is 39.2 Å². The van der Waals surface area contributed by atoms with Crippen molar-refractivity contribution >= 4 is 0 Å². The molecule has 0 saturated carbocycles. The molecule has 1 rings (SSSR count). The second-order valence-electron chi connectivity index (χ2n) is 4.22. The van der Waals surface area contributed by atoms with Crippen LogP contribution in [-0.2, 0) is 0 Å². The third-order valence-electron chi connectivity index (χ3n) is 3.01. The van der Waals surface area contributed by atoms with E-state index in [1.54, 1.807) is 12.1 Å². The lowest BCUT2D eigenvalue weighted by atomic mass is 10.2. The average Bonchev–Trinajstić information content (AvgIpc) is 2.41. The first-order valence-corrected chi connectivity index (χ1v) is 6.66. The van der Waals surface area contributed by atoms with Gasteiger partial charge in [-0.25, -0.2) is 0 Å². The van der Waals surface area contributed by atoms with Crippen molar-refractivity contribution in [2.45, 2.75) is 39.8 Å². The molecule has 0 saturated heterocycles. The summed E-state index contributed by atoms with van der Waals surface area (Å²) in [7, 11) is 0. The van der Waals surface area contributed by atoms with Crippen molar-refractivity contribution in [3.63, 3.8) is 0 Å². The summed E-state index contributed by atoms with van der Waals surface area (Å²) >= 11 is 0. The Labute approximate surface area is 110 Å². The highest BCUT2D eigenvalue weighted by Crippen LogP contribution is 2.17. The van der Waals surface area contributed by atoms with E-state index < -0.39 is 0 Å². The first-order valence-electron chi connectivity index (χ1n) is 6.66. The molecular weight excluding hydrogens is 224 g/mol. The van der Waals surface area contributed by atoms with Gasteiger partial charge in [-0.3, -0.25) is 4.90 Å². The number of ether oxygens (including phenoxy) is 1. The highest BCUT2D eigenvalue weighted by atomic mass is 16.5. The number of nitriles is 1. The minimum Gasteiger partial charge on any atom is -0.475 e. The Morgan fingerprint density at radius 1 is 1.17 bits per heavy atom. The maximum Gasteiger partial charge on any atom is 0.152 e. The first-order chi connectivity index (χ1) is 8.74. The maximum absolute atomic E-state index is 8.76. The van der Waals surface area contributed by atoms with Gasteiger partial charge >= 0.3 is 0 Å². The van der Waals surface area contributed by atoms with Crippen molar-refractivity contribution < 1.29 is 4.74 Å². The molecule has 1 aromatic rings. The molecule has 3 heteroatoms. The van der Waals surface area contributed by atoms with E-state index in [-0.39, 0.29) is 6.23 Å². The molecule has 0 aliphatic heterocycles. The fraction of sp³-hybridized carbons (Fsp3) is 0.533. The van der Waals surface area contributed by atoms with Gasteiger partial charge in [-0.2, -0.15) is 5.26 Å². The number of hydrogen-bond acceptors (Lipinski definition) is 3. The fourth-order valence-electron chi connectivity index (χ4n) is 1.96. The molecule has 18 heavy (non-hydrogen) atoms. The number of benzene rings is 1. The number of nitrogens with zero attached hydrogens (tertiary/aromatic N) is 2. The molecule has 0 fully saturated rings. The van der Waals surface area contributed by atoms with E-state index in [1.165, 1.54) is 0 Å². The molecule has 1 unspecified atom stereocenters. The van der Waals surface area contributed by atoms with Crippen molar-refractivity contribution in [3.8, 4) is 11.8 Å². The molecule has 1 atom stereocenters. The molecule has 0 aliphatic carbocycles. The highest BCUT2D eigenvalue weighted by molar-refractivity contribution is 5.34. The smallest absolute Gasteiger partial charge is 0.152 e. The molecule has 0 amide bonds. The van der Waals surface area contributed by atoms with Crippen molar-refractivity contribution in [2.24, 2.45) is 0 Å². The Kier molecular flexibility index (Phi) is 6.24. The van der Waals surface area contributed by atoms with Gasteiger partial charge in [0.15, 0.2) is 6.23 Å². The van der Waals surface area contributed by atoms with Crippen LogP contribution >= 0.6 is 0 Å². The van der Waals surface area contributed by atoms with Crippen LogP contribution in [0.5, 0.6) is 5.75 Å². The van der Waals surface area contributed by atoms with Crippen molar-refractivity contribution in [1.82, 2.24) is 4.90 Å². The maximum atomic E-state index is 8.76. The van der Waals surface area contributed by atoms with Crippen LogP contribution in [0.15, 0.2) is 24.3 Å². The molecule has 0 radical (unpaired) electrons. The molecule has 98 valence electrons. The fourth-order valence-corrected chi connectivity index (χ4v) is 1.96. The predicted molar refractivity (Wildman–Crippen MR) is 73.4 cm³/mol. The lowest BCUT2D eigenvalue weighted by Crippen LogP contribution is -2.39. The average molecular weight is 246 g/mol. The Bertz CT molecular complexity index is 376. The molecule has 3 nitrogen and oxygen atoms in total. The zero-order valence-electron chi connectivity index (χ0n) is 11.5. The standard InChI is InChI=1S/C15H22N2O/c1-4-7-15(17(5-2)6-3)18-14-10-8-13(12-16)9-11-14/h8-11,15H,4-7H2,1-3H3. The van der Waals surface area contributed by atoms with E-state index in [0.29, 0.717) is 5.56 Å². The van der Waals surface area contributed by atoms with Crippen molar-refractivity contribution in [1.29, 1.82) is 5.26 Å². The summed E-state index contributed by atoms with van der Waals surface area (Å²) in [4.78, 5) is 2.31. The minimum absolute atomic E-state index is 0.123. The van der Waals surface area contributed by atoms with Gasteiger partial charge in [0, 0.05) is 0 Å². The Balaban J connectivity index is 2.72. The van der Waals surface area contributed by atoms with E-state index in [1.807, 2.05) is 12.1 Å². The van der Waals surface area contributed by atoms with Gasteiger partial charge in [0.05, 0.1) is 11.6 Å². The van der Waals surface area contributed by atoms with E-state index in [2.05, 4.69) is 31.7 Å². The molecule has 0 heterocycles. The van der Waals surface area contributed by atoms with Gasteiger partial charge in [0.2, 0.25) is 0 Å².